The van der Waals surface area contributed by atoms with Crippen LogP contribution in [0.1, 0.15) is 6.23 Å². The summed E-state index contributed by atoms with van der Waals surface area (Å²) in [7, 11) is -10.6. The van der Waals surface area contributed by atoms with E-state index in [4.69, 9.17) is 10.5 Å². The van der Waals surface area contributed by atoms with Crippen molar-refractivity contribution in [1.29, 1.82) is 0 Å². The van der Waals surface area contributed by atoms with Crippen LogP contribution in [0.3, 0.4) is 0 Å². The van der Waals surface area contributed by atoms with Gasteiger partial charge in [0.25, 0.3) is 13.8 Å². The number of hydrogen-bond acceptors (Lipinski definition) is 17. The molecule has 0 radical (unpaired) electrons. The number of nitrogens with zero attached hydrogens (tertiary/aromatic N) is 4. The molecule has 1 aliphatic rings. The van der Waals surface area contributed by atoms with Crippen molar-refractivity contribution in [3.8, 4) is 5.88 Å². The van der Waals surface area contributed by atoms with Crippen LogP contribution in [0.15, 0.2) is 6.33 Å². The monoisotopic (exact) mass is 549 g/mol. The lowest BCUT2D eigenvalue weighted by Crippen LogP contribution is -2.46. The second kappa shape index (κ2) is 9.14. The summed E-state index contributed by atoms with van der Waals surface area (Å²) in [6, 6.07) is 0. The first-order valence-corrected chi connectivity index (χ1v) is 13.9. The molecule has 0 amide bonds. The third-order valence-electron chi connectivity index (χ3n) is 4.15. The van der Waals surface area contributed by atoms with Crippen molar-refractivity contribution in [2.45, 2.75) is 24.5 Å². The predicted octanol–water partition coefficient (Wildman–Crippen LogP) is -5.54. The Kier molecular flexibility index (Phi) is 7.33. The number of imidazole rings is 1. The maximum atomic E-state index is 12.1. The van der Waals surface area contributed by atoms with Gasteiger partial charge in [-0.25, -0.2) is 9.55 Å². The van der Waals surface area contributed by atoms with E-state index >= 15 is 0 Å². The van der Waals surface area contributed by atoms with E-state index in [9.17, 15) is 44.0 Å². The molecule has 1 fully saturated rings. The smallest absolute Gasteiger partial charge is 0.309 e. The summed E-state index contributed by atoms with van der Waals surface area (Å²) in [5.41, 5.74) is 5.44. The van der Waals surface area contributed by atoms with Crippen LogP contribution in [0, 0.1) is 0 Å². The molecule has 0 bridgehead atoms. The summed E-state index contributed by atoms with van der Waals surface area (Å²) in [5, 5.41) is 32.7. The number of nitrogens with two attached hydrogens (primary N) is 1. The number of aryl methyl sites for hydroxylation is 1. The van der Waals surface area contributed by atoms with Gasteiger partial charge in [-0.15, -0.1) is 0 Å². The van der Waals surface area contributed by atoms with Crippen LogP contribution in [-0.2, 0) is 45.9 Å². The first kappa shape index (κ1) is 26.5. The van der Waals surface area contributed by atoms with Crippen LogP contribution in [0.5, 0.6) is 5.88 Å². The SMILES string of the molecule is Cn1c[n+]([C@@H]2O[C@H](COP([O-])(=S)OP(=O)([O-])OP(=O)([O-])[O-])[C@@H](O)[C@H]2O)c2nc(N)nc([O-])c21. The topological polar surface area (TPSA) is 287 Å². The van der Waals surface area contributed by atoms with Crippen LogP contribution in [0.2, 0.25) is 0 Å². The summed E-state index contributed by atoms with van der Waals surface area (Å²) < 4.78 is 41.2. The van der Waals surface area contributed by atoms with Gasteiger partial charge in [0.1, 0.15) is 25.0 Å². The van der Waals surface area contributed by atoms with Gasteiger partial charge in [-0.3, -0.25) is 17.8 Å². The van der Waals surface area contributed by atoms with Crippen LogP contribution in [-0.4, -0.2) is 49.7 Å². The van der Waals surface area contributed by atoms with Crippen molar-refractivity contribution in [2.75, 3.05) is 12.3 Å². The van der Waals surface area contributed by atoms with Gasteiger partial charge >= 0.3 is 5.65 Å². The number of anilines is 1. The molecule has 186 valence electrons. The number of nitrogen functional groups attached to an aromatic ring is 1. The number of hydrogen-bond donors (Lipinski definition) is 3. The minimum atomic E-state index is -6.07. The van der Waals surface area contributed by atoms with E-state index in [-0.39, 0.29) is 17.1 Å². The van der Waals surface area contributed by atoms with E-state index in [0.29, 0.717) is 0 Å². The Morgan fingerprint density at radius 3 is 2.48 bits per heavy atom. The average molecular weight is 549 g/mol. The number of aliphatic hydroxyl groups is 2. The highest BCUT2D eigenvalue weighted by Crippen LogP contribution is 2.60. The third kappa shape index (κ3) is 6.11. The number of phosphoric acid groups is 2. The first-order chi connectivity index (χ1) is 15.0. The highest BCUT2D eigenvalue weighted by atomic mass is 32.5. The Morgan fingerprint density at radius 2 is 1.88 bits per heavy atom. The summed E-state index contributed by atoms with van der Waals surface area (Å²) in [4.78, 5) is 51.5. The number of aromatic nitrogens is 4. The minimum Gasteiger partial charge on any atom is -0.856 e. The van der Waals surface area contributed by atoms with Crippen molar-refractivity contribution in [2.24, 2.45) is 7.05 Å². The van der Waals surface area contributed by atoms with Crippen LogP contribution in [0.25, 0.3) is 11.2 Å². The Hall–Kier alpha value is -1.14. The van der Waals surface area contributed by atoms with Gasteiger partial charge in [-0.2, -0.15) is 0 Å². The molecule has 3 heterocycles. The van der Waals surface area contributed by atoms with E-state index < -0.39 is 59.4 Å². The molecule has 0 aromatic carbocycles. The Labute approximate surface area is 188 Å². The zero-order chi connectivity index (χ0) is 24.9. The predicted molar refractivity (Wildman–Crippen MR) is 96.1 cm³/mol. The number of ether oxygens (including phenoxy) is 1. The molecule has 3 rings (SSSR count). The first-order valence-electron chi connectivity index (χ1n) is 8.43. The Balaban J connectivity index is 1.75. The van der Waals surface area contributed by atoms with Gasteiger partial charge in [0, 0.05) is 5.88 Å². The Morgan fingerprint density at radius 1 is 1.24 bits per heavy atom. The summed E-state index contributed by atoms with van der Waals surface area (Å²) in [6.45, 7) is -5.94. The lowest BCUT2D eigenvalue weighted by molar-refractivity contribution is -0.745. The van der Waals surface area contributed by atoms with Gasteiger partial charge in [-0.05, 0) is 0 Å². The van der Waals surface area contributed by atoms with E-state index in [1.165, 1.54) is 17.9 Å². The van der Waals surface area contributed by atoms with Crippen molar-refractivity contribution in [3.63, 3.8) is 0 Å². The maximum Gasteiger partial charge on any atom is 0.309 e. The molecular weight excluding hydrogens is 535 g/mol. The molecule has 22 heteroatoms. The molecule has 0 aliphatic carbocycles. The van der Waals surface area contributed by atoms with Crippen molar-refractivity contribution in [3.05, 3.63) is 6.33 Å². The molecule has 33 heavy (non-hydrogen) atoms. The molecule has 2 aromatic rings. The highest BCUT2D eigenvalue weighted by molar-refractivity contribution is 8.07. The van der Waals surface area contributed by atoms with Crippen LogP contribution < -0.4 is 35.0 Å². The molecular formula is C11H14N5O13P3S-4. The molecule has 1 saturated heterocycles. The molecule has 18 nitrogen and oxygen atoms in total. The fourth-order valence-electron chi connectivity index (χ4n) is 2.96. The van der Waals surface area contributed by atoms with Gasteiger partial charge in [0.15, 0.2) is 11.8 Å². The summed E-state index contributed by atoms with van der Waals surface area (Å²) >= 11 is 4.29. The van der Waals surface area contributed by atoms with Gasteiger partial charge in [-0.1, -0.05) is 16.8 Å². The van der Waals surface area contributed by atoms with E-state index in [2.05, 4.69) is 34.9 Å². The third-order valence-corrected chi connectivity index (χ3v) is 8.74. The second-order valence-electron chi connectivity index (χ2n) is 6.54. The quantitative estimate of drug-likeness (QED) is 0.204. The standard InChI is InChI=1S/C11H18N5O13P3S/c1-15-3-16(8-5(15)9(19)14-11(12)13-8)10-7(18)6(17)4(27-10)2-26-32(25,33)29-31(23,24)28-30(20,21)22/h3-4,6-7,10,17-18H,2H2,1H3,(H6-,12,13,14,19,20,21,22,23,24,25,33)/p-4/t4-,6-,7-,10-,32?/m1/s1. The number of fused-ring (bicyclic) bond motifs is 1. The van der Waals surface area contributed by atoms with Crippen molar-refractivity contribution < 1.29 is 66.5 Å². The highest BCUT2D eigenvalue weighted by Gasteiger charge is 2.47. The second-order valence-corrected chi connectivity index (χ2v) is 12.1. The molecule has 6 atom stereocenters. The summed E-state index contributed by atoms with van der Waals surface area (Å²) in [6.07, 6.45) is -4.93. The van der Waals surface area contributed by atoms with Gasteiger partial charge < -0.3 is 54.5 Å². The molecule has 4 N–H and O–H groups in total. The zero-order valence-corrected chi connectivity index (χ0v) is 19.6. The Bertz CT molecular complexity index is 1200. The number of aliphatic hydroxyl groups excluding tert-OH is 2. The number of rotatable bonds is 8. The molecule has 0 saturated carbocycles. The van der Waals surface area contributed by atoms with Crippen LogP contribution >= 0.6 is 22.4 Å². The lowest BCUT2D eigenvalue weighted by atomic mass is 10.1. The van der Waals surface area contributed by atoms with Crippen molar-refractivity contribution >= 4 is 51.3 Å². The fraction of sp³-hybridized carbons (Fsp3) is 0.545. The largest absolute Gasteiger partial charge is 0.856 e. The molecule has 2 aromatic heterocycles. The zero-order valence-electron chi connectivity index (χ0n) is 16.1. The van der Waals surface area contributed by atoms with E-state index in [0.717, 1.165) is 4.57 Å². The van der Waals surface area contributed by atoms with Crippen LogP contribution in [0.4, 0.5) is 5.95 Å². The summed E-state index contributed by atoms with van der Waals surface area (Å²) in [5.74, 6) is -1.09. The van der Waals surface area contributed by atoms with Gasteiger partial charge in [0.05, 0.1) is 21.5 Å². The average Bonchev–Trinajstić information content (AvgIpc) is 3.07. The van der Waals surface area contributed by atoms with E-state index in [1.807, 2.05) is 0 Å². The normalized spacial score (nSPS) is 27.5. The van der Waals surface area contributed by atoms with E-state index in [1.54, 1.807) is 0 Å². The minimum absolute atomic E-state index is 0.00196. The van der Waals surface area contributed by atoms with Crippen molar-refractivity contribution in [1.82, 2.24) is 14.5 Å². The fourth-order valence-corrected chi connectivity index (χ4v) is 6.74. The molecule has 0 spiro atoms. The molecule has 2 unspecified atom stereocenters. The van der Waals surface area contributed by atoms with Gasteiger partial charge in [0.2, 0.25) is 6.23 Å². The maximum absolute atomic E-state index is 12.1. The molecule has 1 aliphatic heterocycles. The lowest BCUT2D eigenvalue weighted by Gasteiger charge is -2.39.